The topological polar surface area (TPSA) is 42.9 Å². The van der Waals surface area contributed by atoms with Crippen LogP contribution in [-0.2, 0) is 9.53 Å². The number of rotatable bonds is 1. The standard InChI is InChI=1S/C8H15NO2/c1-6-3-4-7(5-9-6)8(10)11-2/h6-7,9H,3-5H2,1-2H3/p+1/t6-,7+/m0/s1. The number of methoxy groups -OCH3 is 1. The molecule has 0 spiro atoms. The molecule has 3 nitrogen and oxygen atoms in total. The molecule has 0 aromatic rings. The van der Waals surface area contributed by atoms with E-state index in [1.54, 1.807) is 0 Å². The Labute approximate surface area is 67.1 Å². The van der Waals surface area contributed by atoms with Gasteiger partial charge in [0.2, 0.25) is 0 Å². The highest BCUT2D eigenvalue weighted by Crippen LogP contribution is 2.10. The summed E-state index contributed by atoms with van der Waals surface area (Å²) in [4.78, 5) is 11.0. The van der Waals surface area contributed by atoms with Gasteiger partial charge in [0.15, 0.2) is 0 Å². The number of esters is 1. The fourth-order valence-corrected chi connectivity index (χ4v) is 1.48. The van der Waals surface area contributed by atoms with Crippen LogP contribution in [0.5, 0.6) is 0 Å². The Morgan fingerprint density at radius 2 is 2.27 bits per heavy atom. The number of hydrogen-bond donors (Lipinski definition) is 1. The smallest absolute Gasteiger partial charge is 0.314 e. The first-order chi connectivity index (χ1) is 5.24. The Bertz CT molecular complexity index is 139. The molecule has 0 bridgehead atoms. The molecule has 2 N–H and O–H groups in total. The summed E-state index contributed by atoms with van der Waals surface area (Å²) in [6.07, 6.45) is 2.12. The third-order valence-electron chi connectivity index (χ3n) is 2.33. The van der Waals surface area contributed by atoms with Crippen LogP contribution in [0.2, 0.25) is 0 Å². The third-order valence-corrected chi connectivity index (χ3v) is 2.33. The van der Waals surface area contributed by atoms with E-state index in [1.165, 1.54) is 7.11 Å². The van der Waals surface area contributed by atoms with Crippen LogP contribution in [0.25, 0.3) is 0 Å². The molecule has 1 rings (SSSR count). The van der Waals surface area contributed by atoms with E-state index in [9.17, 15) is 4.79 Å². The molecular formula is C8H16NO2+. The second-order valence-corrected chi connectivity index (χ2v) is 3.25. The summed E-state index contributed by atoms with van der Waals surface area (Å²) in [6, 6.07) is 0.677. The van der Waals surface area contributed by atoms with Crippen molar-refractivity contribution in [3.05, 3.63) is 0 Å². The Morgan fingerprint density at radius 1 is 1.55 bits per heavy atom. The average molecular weight is 158 g/mol. The number of carbonyl (C=O) groups excluding carboxylic acids is 1. The minimum atomic E-state index is -0.0480. The lowest BCUT2D eigenvalue weighted by Gasteiger charge is -2.22. The van der Waals surface area contributed by atoms with Crippen LogP contribution < -0.4 is 5.32 Å². The molecule has 64 valence electrons. The summed E-state index contributed by atoms with van der Waals surface area (Å²) >= 11 is 0. The van der Waals surface area contributed by atoms with Crippen molar-refractivity contribution in [3.63, 3.8) is 0 Å². The fourth-order valence-electron chi connectivity index (χ4n) is 1.48. The van der Waals surface area contributed by atoms with Gasteiger partial charge in [0.05, 0.1) is 19.7 Å². The minimum absolute atomic E-state index is 0.0480. The van der Waals surface area contributed by atoms with Crippen molar-refractivity contribution in [3.8, 4) is 0 Å². The van der Waals surface area contributed by atoms with Crippen LogP contribution in [0.1, 0.15) is 19.8 Å². The zero-order valence-corrected chi connectivity index (χ0v) is 7.17. The minimum Gasteiger partial charge on any atom is -0.469 e. The van der Waals surface area contributed by atoms with Gasteiger partial charge in [-0.05, 0) is 13.3 Å². The molecule has 2 atom stereocenters. The second kappa shape index (κ2) is 3.72. The maximum Gasteiger partial charge on any atom is 0.314 e. The maximum absolute atomic E-state index is 11.0. The first-order valence-electron chi connectivity index (χ1n) is 4.15. The zero-order valence-electron chi connectivity index (χ0n) is 7.17. The average Bonchev–Trinajstić information content (AvgIpc) is 2.05. The van der Waals surface area contributed by atoms with Crippen LogP contribution >= 0.6 is 0 Å². The van der Waals surface area contributed by atoms with E-state index >= 15 is 0 Å². The van der Waals surface area contributed by atoms with Crippen molar-refractivity contribution >= 4 is 5.97 Å². The van der Waals surface area contributed by atoms with E-state index < -0.39 is 0 Å². The first kappa shape index (κ1) is 8.53. The summed E-state index contributed by atoms with van der Waals surface area (Å²) in [7, 11) is 1.46. The van der Waals surface area contributed by atoms with Crippen LogP contribution in [-0.4, -0.2) is 25.7 Å². The fraction of sp³-hybridized carbons (Fsp3) is 0.875. The molecule has 0 unspecified atom stereocenters. The zero-order chi connectivity index (χ0) is 8.27. The summed E-state index contributed by atoms with van der Waals surface area (Å²) in [6.45, 7) is 3.08. The monoisotopic (exact) mass is 158 g/mol. The lowest BCUT2D eigenvalue weighted by Crippen LogP contribution is -2.92. The molecule has 0 radical (unpaired) electrons. The molecule has 1 aliphatic heterocycles. The summed E-state index contributed by atoms with van der Waals surface area (Å²) in [5.41, 5.74) is 0. The quantitative estimate of drug-likeness (QED) is 0.524. The van der Waals surface area contributed by atoms with Crippen molar-refractivity contribution in [2.75, 3.05) is 13.7 Å². The molecule has 0 saturated carbocycles. The van der Waals surface area contributed by atoms with Crippen molar-refractivity contribution in [1.82, 2.24) is 0 Å². The van der Waals surface area contributed by atoms with Gasteiger partial charge < -0.3 is 10.1 Å². The Kier molecular flexibility index (Phi) is 2.88. The van der Waals surface area contributed by atoms with Gasteiger partial charge in [0, 0.05) is 6.42 Å². The van der Waals surface area contributed by atoms with E-state index in [1.807, 2.05) is 0 Å². The molecular weight excluding hydrogens is 142 g/mol. The highest BCUT2D eigenvalue weighted by atomic mass is 16.5. The molecule has 0 aromatic carbocycles. The highest BCUT2D eigenvalue weighted by Gasteiger charge is 2.27. The van der Waals surface area contributed by atoms with Gasteiger partial charge in [-0.3, -0.25) is 4.79 Å². The van der Waals surface area contributed by atoms with E-state index in [2.05, 4.69) is 17.0 Å². The lowest BCUT2D eigenvalue weighted by molar-refractivity contribution is -0.698. The number of quaternary nitrogens is 1. The normalized spacial score (nSPS) is 31.5. The first-order valence-corrected chi connectivity index (χ1v) is 4.15. The van der Waals surface area contributed by atoms with E-state index in [0.29, 0.717) is 6.04 Å². The number of ether oxygens (including phenoxy) is 1. The molecule has 1 aliphatic rings. The maximum atomic E-state index is 11.0. The summed E-state index contributed by atoms with van der Waals surface area (Å²) < 4.78 is 4.67. The number of nitrogens with two attached hydrogens (primary N) is 1. The Morgan fingerprint density at radius 3 is 2.73 bits per heavy atom. The van der Waals surface area contributed by atoms with Gasteiger partial charge >= 0.3 is 5.97 Å². The third kappa shape index (κ3) is 2.19. The lowest BCUT2D eigenvalue weighted by atomic mass is 9.96. The van der Waals surface area contributed by atoms with Gasteiger partial charge in [0.25, 0.3) is 0 Å². The largest absolute Gasteiger partial charge is 0.469 e. The van der Waals surface area contributed by atoms with Crippen LogP contribution in [0.3, 0.4) is 0 Å². The van der Waals surface area contributed by atoms with Crippen LogP contribution in [0.4, 0.5) is 0 Å². The molecule has 1 saturated heterocycles. The van der Waals surface area contributed by atoms with Gasteiger partial charge in [-0.1, -0.05) is 0 Å². The van der Waals surface area contributed by atoms with E-state index in [0.717, 1.165) is 19.4 Å². The second-order valence-electron chi connectivity index (χ2n) is 3.25. The predicted octanol–water partition coefficient (Wildman–Crippen LogP) is -0.479. The summed E-state index contributed by atoms with van der Waals surface area (Å²) in [5.74, 6) is 0.0874. The number of carbonyl (C=O) groups is 1. The van der Waals surface area contributed by atoms with Crippen LogP contribution in [0, 0.1) is 5.92 Å². The van der Waals surface area contributed by atoms with Crippen molar-refractivity contribution in [1.29, 1.82) is 0 Å². The molecule has 1 fully saturated rings. The summed E-state index contributed by atoms with van der Waals surface area (Å²) in [5, 5.41) is 2.21. The molecule has 0 aromatic heterocycles. The SMILES string of the molecule is COC(=O)[C@@H]1CC[C@H](C)[NH2+]C1. The molecule has 0 amide bonds. The van der Waals surface area contributed by atoms with Crippen molar-refractivity contribution < 1.29 is 14.8 Å². The highest BCUT2D eigenvalue weighted by molar-refractivity contribution is 5.72. The molecule has 1 heterocycles. The van der Waals surface area contributed by atoms with Crippen molar-refractivity contribution in [2.24, 2.45) is 5.92 Å². The molecule has 3 heteroatoms. The van der Waals surface area contributed by atoms with Crippen molar-refractivity contribution in [2.45, 2.75) is 25.8 Å². The van der Waals surface area contributed by atoms with Crippen LogP contribution in [0.15, 0.2) is 0 Å². The van der Waals surface area contributed by atoms with E-state index in [4.69, 9.17) is 0 Å². The number of piperidine rings is 1. The van der Waals surface area contributed by atoms with Gasteiger partial charge in [0.1, 0.15) is 5.92 Å². The number of hydrogen-bond acceptors (Lipinski definition) is 2. The molecule has 0 aliphatic carbocycles. The van der Waals surface area contributed by atoms with E-state index in [-0.39, 0.29) is 11.9 Å². The van der Waals surface area contributed by atoms with Gasteiger partial charge in [-0.25, -0.2) is 0 Å². The van der Waals surface area contributed by atoms with Gasteiger partial charge in [-0.15, -0.1) is 0 Å². The van der Waals surface area contributed by atoms with Gasteiger partial charge in [-0.2, -0.15) is 0 Å². The predicted molar refractivity (Wildman–Crippen MR) is 41.0 cm³/mol. The molecule has 11 heavy (non-hydrogen) atoms. The Hall–Kier alpha value is -0.570. The Balaban J connectivity index is 2.33.